The predicted molar refractivity (Wildman–Crippen MR) is 73.7 cm³/mol. The molecule has 2 N–H and O–H groups in total. The van der Waals surface area contributed by atoms with Crippen LogP contribution in [0.3, 0.4) is 0 Å². The summed E-state index contributed by atoms with van der Waals surface area (Å²) in [7, 11) is 0. The Balaban J connectivity index is 2.04. The van der Waals surface area contributed by atoms with Crippen molar-refractivity contribution in [3.63, 3.8) is 0 Å². The molecule has 0 aliphatic carbocycles. The van der Waals surface area contributed by atoms with Crippen molar-refractivity contribution in [1.82, 2.24) is 4.98 Å². The summed E-state index contributed by atoms with van der Waals surface area (Å²) >= 11 is 6.53. The summed E-state index contributed by atoms with van der Waals surface area (Å²) in [4.78, 5) is 14.6. The second kappa shape index (κ2) is 4.22. The van der Waals surface area contributed by atoms with E-state index < -0.39 is 6.10 Å². The Morgan fingerprint density at radius 1 is 1.44 bits per heavy atom. The highest BCUT2D eigenvalue weighted by Gasteiger charge is 2.23. The Hall–Kier alpha value is -1.66. The molecule has 1 aromatic carbocycles. The summed E-state index contributed by atoms with van der Waals surface area (Å²) in [6, 6.07) is 5.68. The first kappa shape index (κ1) is 11.4. The van der Waals surface area contributed by atoms with Crippen molar-refractivity contribution in [3.05, 3.63) is 27.5 Å². The molecule has 1 unspecified atom stereocenters. The van der Waals surface area contributed by atoms with Gasteiger partial charge in [0.05, 0.1) is 11.4 Å². The van der Waals surface area contributed by atoms with E-state index in [1.54, 1.807) is 6.92 Å². The van der Waals surface area contributed by atoms with Crippen LogP contribution in [0.15, 0.2) is 23.6 Å². The summed E-state index contributed by atoms with van der Waals surface area (Å²) in [5.74, 6) is 0.567. The Kier molecular flexibility index (Phi) is 2.68. The van der Waals surface area contributed by atoms with Crippen molar-refractivity contribution in [2.24, 2.45) is 0 Å². The van der Waals surface area contributed by atoms with Crippen LogP contribution < -0.4 is 10.1 Å². The van der Waals surface area contributed by atoms with E-state index in [1.165, 1.54) is 11.3 Å². The molecule has 0 spiro atoms. The molecule has 2 heterocycles. The molecule has 0 saturated heterocycles. The number of H-pyrrole nitrogens is 1. The summed E-state index contributed by atoms with van der Waals surface area (Å²) in [5, 5.41) is 4.78. The standard InChI is InChI=1S/C12H10N2O2S2/c1-6-11(15)13-8-4-7(2-3-10(8)16-6)9-5-18-12(17)14-9/h2-6H,1H3,(H,13,15)(H,14,17). The Morgan fingerprint density at radius 3 is 3.00 bits per heavy atom. The molecule has 1 amide bonds. The van der Waals surface area contributed by atoms with Gasteiger partial charge in [-0.05, 0) is 37.3 Å². The third kappa shape index (κ3) is 1.93. The quantitative estimate of drug-likeness (QED) is 0.788. The van der Waals surface area contributed by atoms with Gasteiger partial charge < -0.3 is 15.0 Å². The topological polar surface area (TPSA) is 54.1 Å². The van der Waals surface area contributed by atoms with Crippen molar-refractivity contribution in [1.29, 1.82) is 0 Å². The van der Waals surface area contributed by atoms with Crippen molar-refractivity contribution >= 4 is 35.1 Å². The molecular weight excluding hydrogens is 268 g/mol. The first-order chi connectivity index (χ1) is 8.63. The normalized spacial score (nSPS) is 17.8. The lowest BCUT2D eigenvalue weighted by Gasteiger charge is -2.23. The third-order valence-electron chi connectivity index (χ3n) is 2.74. The van der Waals surface area contributed by atoms with Gasteiger partial charge in [0.2, 0.25) is 0 Å². The zero-order valence-electron chi connectivity index (χ0n) is 9.52. The van der Waals surface area contributed by atoms with E-state index in [-0.39, 0.29) is 5.91 Å². The lowest BCUT2D eigenvalue weighted by atomic mass is 10.1. The number of aromatic amines is 1. The van der Waals surface area contributed by atoms with Gasteiger partial charge in [0.1, 0.15) is 5.75 Å². The number of hydrogen-bond acceptors (Lipinski definition) is 4. The second-order valence-electron chi connectivity index (χ2n) is 4.02. The molecule has 4 nitrogen and oxygen atoms in total. The van der Waals surface area contributed by atoms with Crippen LogP contribution in [-0.2, 0) is 4.79 Å². The Bertz CT molecular complexity index is 675. The largest absolute Gasteiger partial charge is 0.479 e. The molecule has 0 saturated carbocycles. The van der Waals surface area contributed by atoms with Crippen LogP contribution in [0.5, 0.6) is 5.75 Å². The lowest BCUT2D eigenvalue weighted by Crippen LogP contribution is -2.34. The van der Waals surface area contributed by atoms with E-state index in [9.17, 15) is 4.79 Å². The lowest BCUT2D eigenvalue weighted by molar-refractivity contribution is -0.122. The van der Waals surface area contributed by atoms with E-state index in [1.807, 2.05) is 23.6 Å². The fourth-order valence-corrected chi connectivity index (χ4v) is 2.64. The van der Waals surface area contributed by atoms with Gasteiger partial charge in [0.15, 0.2) is 10.1 Å². The average Bonchev–Trinajstić information content (AvgIpc) is 2.77. The van der Waals surface area contributed by atoms with Gasteiger partial charge in [0, 0.05) is 10.9 Å². The average molecular weight is 278 g/mol. The van der Waals surface area contributed by atoms with E-state index in [4.69, 9.17) is 17.0 Å². The number of benzene rings is 1. The fraction of sp³-hybridized carbons (Fsp3) is 0.167. The van der Waals surface area contributed by atoms with Gasteiger partial charge in [-0.2, -0.15) is 0 Å². The molecule has 0 bridgehead atoms. The smallest absolute Gasteiger partial charge is 0.265 e. The first-order valence-electron chi connectivity index (χ1n) is 5.43. The predicted octanol–water partition coefficient (Wildman–Crippen LogP) is 3.19. The number of fused-ring (bicyclic) bond motifs is 1. The molecule has 6 heteroatoms. The van der Waals surface area contributed by atoms with Crippen LogP contribution in [0.4, 0.5) is 5.69 Å². The molecular formula is C12H10N2O2S2. The van der Waals surface area contributed by atoms with E-state index in [0.717, 1.165) is 15.2 Å². The number of thiazole rings is 1. The maximum absolute atomic E-state index is 11.6. The van der Waals surface area contributed by atoms with Crippen LogP contribution in [0.25, 0.3) is 11.3 Å². The van der Waals surface area contributed by atoms with E-state index >= 15 is 0 Å². The number of rotatable bonds is 1. The van der Waals surface area contributed by atoms with Crippen LogP contribution in [-0.4, -0.2) is 17.0 Å². The molecule has 1 aliphatic rings. The summed E-state index contributed by atoms with van der Waals surface area (Å²) in [5.41, 5.74) is 2.61. The van der Waals surface area contributed by atoms with Gasteiger partial charge in [-0.3, -0.25) is 4.79 Å². The zero-order chi connectivity index (χ0) is 12.7. The number of ether oxygens (including phenoxy) is 1. The summed E-state index contributed by atoms with van der Waals surface area (Å²) < 4.78 is 6.23. The van der Waals surface area contributed by atoms with Crippen LogP contribution >= 0.6 is 23.6 Å². The first-order valence-corrected chi connectivity index (χ1v) is 6.72. The summed E-state index contributed by atoms with van der Waals surface area (Å²) in [6.07, 6.45) is -0.449. The molecule has 1 atom stereocenters. The zero-order valence-corrected chi connectivity index (χ0v) is 11.2. The molecule has 1 aromatic heterocycles. The maximum Gasteiger partial charge on any atom is 0.265 e. The minimum Gasteiger partial charge on any atom is -0.479 e. The number of carbonyl (C=O) groups excluding carboxylic acids is 1. The van der Waals surface area contributed by atoms with E-state index in [0.29, 0.717) is 11.4 Å². The van der Waals surface area contributed by atoms with Gasteiger partial charge in [-0.1, -0.05) is 0 Å². The number of aromatic nitrogens is 1. The van der Waals surface area contributed by atoms with Gasteiger partial charge in [-0.25, -0.2) is 0 Å². The van der Waals surface area contributed by atoms with Gasteiger partial charge in [-0.15, -0.1) is 11.3 Å². The molecule has 18 heavy (non-hydrogen) atoms. The minimum absolute atomic E-state index is 0.127. The van der Waals surface area contributed by atoms with Crippen LogP contribution in [0, 0.1) is 3.95 Å². The van der Waals surface area contributed by atoms with Crippen LogP contribution in [0.2, 0.25) is 0 Å². The molecule has 2 aromatic rings. The van der Waals surface area contributed by atoms with Crippen LogP contribution in [0.1, 0.15) is 6.92 Å². The summed E-state index contributed by atoms with van der Waals surface area (Å²) in [6.45, 7) is 1.72. The highest BCUT2D eigenvalue weighted by Crippen LogP contribution is 2.33. The van der Waals surface area contributed by atoms with Crippen molar-refractivity contribution in [3.8, 4) is 17.0 Å². The SMILES string of the molecule is CC1Oc2ccc(-c3csc(=S)[nH]3)cc2NC1=O. The monoisotopic (exact) mass is 278 g/mol. The van der Waals surface area contributed by atoms with E-state index in [2.05, 4.69) is 10.3 Å². The minimum atomic E-state index is -0.449. The number of nitrogens with one attached hydrogen (secondary N) is 2. The number of amides is 1. The second-order valence-corrected chi connectivity index (χ2v) is 5.57. The molecule has 92 valence electrons. The van der Waals surface area contributed by atoms with Crippen molar-refractivity contribution in [2.75, 3.05) is 5.32 Å². The highest BCUT2D eigenvalue weighted by molar-refractivity contribution is 7.73. The number of anilines is 1. The molecule has 3 rings (SSSR count). The fourth-order valence-electron chi connectivity index (χ4n) is 1.80. The Labute approximate surface area is 113 Å². The maximum atomic E-state index is 11.6. The number of hydrogen-bond donors (Lipinski definition) is 2. The van der Waals surface area contributed by atoms with Crippen molar-refractivity contribution in [2.45, 2.75) is 13.0 Å². The van der Waals surface area contributed by atoms with Gasteiger partial charge in [0.25, 0.3) is 5.91 Å². The van der Waals surface area contributed by atoms with Crippen molar-refractivity contribution < 1.29 is 9.53 Å². The van der Waals surface area contributed by atoms with Gasteiger partial charge >= 0.3 is 0 Å². The highest BCUT2D eigenvalue weighted by atomic mass is 32.1. The number of carbonyl (C=O) groups is 1. The third-order valence-corrected chi connectivity index (χ3v) is 3.80. The Morgan fingerprint density at radius 2 is 2.28 bits per heavy atom. The molecule has 1 aliphatic heterocycles. The molecule has 0 fully saturated rings. The molecule has 0 radical (unpaired) electrons.